The molecule has 3 aromatic rings. The summed E-state index contributed by atoms with van der Waals surface area (Å²) in [6.07, 6.45) is 5.37. The number of rotatable bonds is 7. The summed E-state index contributed by atoms with van der Waals surface area (Å²) < 4.78 is 10.9. The Morgan fingerprint density at radius 3 is 2.79 bits per heavy atom. The maximum Gasteiger partial charge on any atom is 0.290 e. The molecule has 5 heterocycles. The maximum absolute atomic E-state index is 11.8. The van der Waals surface area contributed by atoms with Crippen molar-refractivity contribution in [3.63, 3.8) is 0 Å². The molecule has 194 valence electrons. The minimum absolute atomic E-state index is 0.259. The second-order valence-electron chi connectivity index (χ2n) is 9.28. The Bertz CT molecular complexity index is 1410. The van der Waals surface area contributed by atoms with E-state index >= 15 is 0 Å². The number of hydrogen-bond acceptors (Lipinski definition) is 10. The summed E-state index contributed by atoms with van der Waals surface area (Å²) in [6.45, 7) is 3.59. The number of hydrogen-bond donors (Lipinski definition) is 2. The number of carbonyl (C=O) groups excluding carboxylic acids is 2. The largest absolute Gasteiger partial charge is 0.454 e. The number of aromatic nitrogens is 3. The molecule has 0 radical (unpaired) electrons. The number of imide groups is 1. The molecule has 3 aliphatic heterocycles. The second-order valence-corrected chi connectivity index (χ2v) is 10.3. The van der Waals surface area contributed by atoms with Crippen molar-refractivity contribution in [2.24, 2.45) is 5.92 Å². The lowest BCUT2D eigenvalue weighted by atomic mass is 9.97. The minimum atomic E-state index is -0.386. The number of carbonyl (C=O) groups is 2. The first-order valence-corrected chi connectivity index (χ1v) is 13.3. The SMILES string of the molecule is O=C1NC(=O)C(=Cc2ccnc(N3CCC(CNCc4cccc(-c5ccc6c(c5)OCO6)n4)CC3)n2)S1. The van der Waals surface area contributed by atoms with Crippen LogP contribution in [-0.4, -0.2) is 52.5 Å². The molecular formula is C27H26N6O4S. The van der Waals surface area contributed by atoms with Crippen molar-refractivity contribution in [3.05, 3.63) is 65.0 Å². The summed E-state index contributed by atoms with van der Waals surface area (Å²) in [7, 11) is 0. The van der Waals surface area contributed by atoms with E-state index in [1.165, 1.54) is 0 Å². The highest BCUT2D eigenvalue weighted by Crippen LogP contribution is 2.35. The van der Waals surface area contributed by atoms with Gasteiger partial charge in [0.1, 0.15) is 0 Å². The number of nitrogens with one attached hydrogen (secondary N) is 2. The molecule has 38 heavy (non-hydrogen) atoms. The summed E-state index contributed by atoms with van der Waals surface area (Å²) in [5.41, 5.74) is 3.52. The predicted octanol–water partition coefficient (Wildman–Crippen LogP) is 3.60. The first-order valence-electron chi connectivity index (χ1n) is 12.5. The molecule has 1 aromatic carbocycles. The number of anilines is 1. The van der Waals surface area contributed by atoms with Crippen LogP contribution in [0.1, 0.15) is 24.2 Å². The molecule has 3 aliphatic rings. The summed E-state index contributed by atoms with van der Waals surface area (Å²) in [5.74, 6) is 2.33. The van der Waals surface area contributed by atoms with Gasteiger partial charge >= 0.3 is 0 Å². The van der Waals surface area contributed by atoms with Gasteiger partial charge in [-0.2, -0.15) is 0 Å². The zero-order valence-corrected chi connectivity index (χ0v) is 21.4. The molecule has 10 nitrogen and oxygen atoms in total. The van der Waals surface area contributed by atoms with Crippen LogP contribution < -0.4 is 25.0 Å². The highest BCUT2D eigenvalue weighted by Gasteiger charge is 2.26. The van der Waals surface area contributed by atoms with Crippen LogP contribution in [-0.2, 0) is 11.3 Å². The van der Waals surface area contributed by atoms with Crippen molar-refractivity contribution in [2.45, 2.75) is 19.4 Å². The van der Waals surface area contributed by atoms with E-state index in [9.17, 15) is 9.59 Å². The van der Waals surface area contributed by atoms with Crippen molar-refractivity contribution in [1.29, 1.82) is 0 Å². The van der Waals surface area contributed by atoms with E-state index < -0.39 is 0 Å². The van der Waals surface area contributed by atoms with E-state index in [1.807, 2.05) is 36.4 Å². The van der Waals surface area contributed by atoms with Gasteiger partial charge in [0.25, 0.3) is 11.1 Å². The number of amides is 2. The van der Waals surface area contributed by atoms with Gasteiger partial charge in [-0.1, -0.05) is 6.07 Å². The molecule has 0 saturated carbocycles. The van der Waals surface area contributed by atoms with Gasteiger partial charge in [0, 0.05) is 31.4 Å². The van der Waals surface area contributed by atoms with Gasteiger partial charge in [-0.15, -0.1) is 0 Å². The normalized spacial score (nSPS) is 18.3. The molecule has 6 rings (SSSR count). The monoisotopic (exact) mass is 530 g/mol. The smallest absolute Gasteiger partial charge is 0.290 e. The second kappa shape index (κ2) is 10.8. The quantitative estimate of drug-likeness (QED) is 0.439. The van der Waals surface area contributed by atoms with Gasteiger partial charge in [-0.3, -0.25) is 19.9 Å². The summed E-state index contributed by atoms with van der Waals surface area (Å²) in [4.78, 5) is 39.6. The van der Waals surface area contributed by atoms with E-state index in [0.717, 1.165) is 72.7 Å². The van der Waals surface area contributed by atoms with Gasteiger partial charge in [-0.05, 0) is 79.5 Å². The number of piperidine rings is 1. The van der Waals surface area contributed by atoms with Crippen LogP contribution in [0.4, 0.5) is 10.7 Å². The summed E-state index contributed by atoms with van der Waals surface area (Å²) in [5, 5.41) is 5.47. The van der Waals surface area contributed by atoms with Gasteiger partial charge in [0.05, 0.1) is 22.0 Å². The fourth-order valence-electron chi connectivity index (χ4n) is 4.69. The third-order valence-corrected chi connectivity index (χ3v) is 7.51. The van der Waals surface area contributed by atoms with Crippen molar-refractivity contribution in [1.82, 2.24) is 25.6 Å². The number of thioether (sulfide) groups is 1. The maximum atomic E-state index is 11.8. The molecule has 2 amide bonds. The first kappa shape index (κ1) is 24.4. The Hall–Kier alpha value is -3.96. The van der Waals surface area contributed by atoms with Crippen LogP contribution >= 0.6 is 11.8 Å². The standard InChI is InChI=1S/C27H26N6O4S/c34-25-24(38-27(35)32-25)13-19-6-9-29-26(31-19)33-10-7-17(8-11-33)14-28-15-20-2-1-3-21(30-20)18-4-5-22-23(12-18)37-16-36-22/h1-6,9,12-13,17,28H,7-8,10-11,14-16H2,(H,32,34,35). The van der Waals surface area contributed by atoms with E-state index in [1.54, 1.807) is 18.3 Å². The summed E-state index contributed by atoms with van der Waals surface area (Å²) in [6, 6.07) is 13.7. The van der Waals surface area contributed by atoms with Crippen molar-refractivity contribution >= 4 is 34.9 Å². The molecular weight excluding hydrogens is 504 g/mol. The molecule has 2 N–H and O–H groups in total. The third-order valence-electron chi connectivity index (χ3n) is 6.70. The average molecular weight is 531 g/mol. The number of fused-ring (bicyclic) bond motifs is 1. The topological polar surface area (TPSA) is 119 Å². The highest BCUT2D eigenvalue weighted by atomic mass is 32.2. The average Bonchev–Trinajstić information content (AvgIpc) is 3.54. The van der Waals surface area contributed by atoms with Gasteiger partial charge in [0.15, 0.2) is 11.5 Å². The molecule has 0 spiro atoms. The van der Waals surface area contributed by atoms with Crippen LogP contribution in [0.3, 0.4) is 0 Å². The van der Waals surface area contributed by atoms with Crippen LogP contribution in [0.2, 0.25) is 0 Å². The Kier molecular flexibility index (Phi) is 6.93. The molecule has 0 atom stereocenters. The number of benzene rings is 1. The lowest BCUT2D eigenvalue weighted by Gasteiger charge is -2.32. The fraction of sp³-hybridized carbons (Fsp3) is 0.296. The number of ether oxygens (including phenoxy) is 2. The van der Waals surface area contributed by atoms with Crippen LogP contribution in [0.15, 0.2) is 53.6 Å². The van der Waals surface area contributed by atoms with E-state index in [4.69, 9.17) is 14.5 Å². The highest BCUT2D eigenvalue weighted by molar-refractivity contribution is 8.18. The molecule has 0 bridgehead atoms. The minimum Gasteiger partial charge on any atom is -0.454 e. The lowest BCUT2D eigenvalue weighted by molar-refractivity contribution is -0.115. The summed E-state index contributed by atoms with van der Waals surface area (Å²) >= 11 is 0.886. The van der Waals surface area contributed by atoms with E-state index in [-0.39, 0.29) is 17.9 Å². The number of pyridine rings is 1. The zero-order valence-electron chi connectivity index (χ0n) is 20.6. The van der Waals surface area contributed by atoms with E-state index in [2.05, 4.69) is 25.5 Å². The van der Waals surface area contributed by atoms with Gasteiger partial charge in [-0.25, -0.2) is 9.97 Å². The molecule has 2 fully saturated rings. The van der Waals surface area contributed by atoms with Crippen molar-refractivity contribution in [2.75, 3.05) is 31.3 Å². The lowest BCUT2D eigenvalue weighted by Crippen LogP contribution is -2.38. The number of nitrogens with zero attached hydrogens (tertiary/aromatic N) is 4. The van der Waals surface area contributed by atoms with Crippen LogP contribution in [0.25, 0.3) is 17.3 Å². The van der Waals surface area contributed by atoms with Crippen LogP contribution in [0, 0.1) is 5.92 Å². The van der Waals surface area contributed by atoms with Crippen molar-refractivity contribution < 1.29 is 19.1 Å². The first-order chi connectivity index (χ1) is 18.6. The predicted molar refractivity (Wildman–Crippen MR) is 144 cm³/mol. The third kappa shape index (κ3) is 5.48. The van der Waals surface area contributed by atoms with Crippen molar-refractivity contribution in [3.8, 4) is 22.8 Å². The Morgan fingerprint density at radius 2 is 1.95 bits per heavy atom. The fourth-order valence-corrected chi connectivity index (χ4v) is 5.35. The van der Waals surface area contributed by atoms with E-state index in [0.29, 0.717) is 29.0 Å². The van der Waals surface area contributed by atoms with Gasteiger partial charge < -0.3 is 19.7 Å². The molecule has 11 heteroatoms. The Labute approximate surface area is 223 Å². The Balaban J connectivity index is 0.998. The Morgan fingerprint density at radius 1 is 1.08 bits per heavy atom. The molecule has 2 aromatic heterocycles. The van der Waals surface area contributed by atoms with Crippen LogP contribution in [0.5, 0.6) is 11.5 Å². The molecule has 0 unspecified atom stereocenters. The molecule has 0 aliphatic carbocycles. The molecule has 2 saturated heterocycles. The zero-order chi connectivity index (χ0) is 25.9. The van der Waals surface area contributed by atoms with Gasteiger partial charge in [0.2, 0.25) is 12.7 Å².